The maximum absolute atomic E-state index is 11.7. The predicted octanol–water partition coefficient (Wildman–Crippen LogP) is 0.359. The van der Waals surface area contributed by atoms with Crippen molar-refractivity contribution < 1.29 is 9.59 Å². The van der Waals surface area contributed by atoms with E-state index in [4.69, 9.17) is 0 Å². The molecule has 0 aliphatic carbocycles. The largest absolute Gasteiger partial charge is 0.352 e. The zero-order valence-electron chi connectivity index (χ0n) is 11.7. The Labute approximate surface area is 109 Å². The Hall–Kier alpha value is -1.10. The number of hydrogen-bond acceptors (Lipinski definition) is 3. The first kappa shape index (κ1) is 15.0. The van der Waals surface area contributed by atoms with Crippen molar-refractivity contribution in [2.45, 2.75) is 39.7 Å². The average molecular weight is 255 g/mol. The van der Waals surface area contributed by atoms with Crippen LogP contribution in [0.1, 0.15) is 33.6 Å². The van der Waals surface area contributed by atoms with E-state index in [1.807, 2.05) is 13.8 Å². The van der Waals surface area contributed by atoms with Crippen molar-refractivity contribution in [3.05, 3.63) is 0 Å². The number of amides is 2. The molecule has 0 radical (unpaired) electrons. The lowest BCUT2D eigenvalue weighted by Gasteiger charge is -2.30. The van der Waals surface area contributed by atoms with Gasteiger partial charge >= 0.3 is 0 Å². The highest BCUT2D eigenvalue weighted by molar-refractivity contribution is 5.85. The van der Waals surface area contributed by atoms with Gasteiger partial charge in [-0.05, 0) is 39.2 Å². The maximum atomic E-state index is 11.7. The van der Waals surface area contributed by atoms with Gasteiger partial charge in [-0.3, -0.25) is 14.5 Å². The molecule has 1 saturated heterocycles. The van der Waals surface area contributed by atoms with E-state index in [-0.39, 0.29) is 24.4 Å². The van der Waals surface area contributed by atoms with Gasteiger partial charge in [-0.2, -0.15) is 0 Å². The van der Waals surface area contributed by atoms with E-state index < -0.39 is 0 Å². The van der Waals surface area contributed by atoms with Gasteiger partial charge in [-0.1, -0.05) is 6.92 Å². The number of nitrogens with zero attached hydrogens (tertiary/aromatic N) is 1. The summed E-state index contributed by atoms with van der Waals surface area (Å²) >= 11 is 0. The molecule has 1 aliphatic rings. The van der Waals surface area contributed by atoms with Crippen LogP contribution in [0.15, 0.2) is 0 Å². The van der Waals surface area contributed by atoms with Crippen LogP contribution in [0.2, 0.25) is 0 Å². The second-order valence-corrected chi connectivity index (χ2v) is 5.48. The molecule has 1 atom stereocenters. The van der Waals surface area contributed by atoms with Crippen LogP contribution in [-0.4, -0.2) is 48.9 Å². The molecule has 0 aromatic rings. The third-order valence-electron chi connectivity index (χ3n) is 3.00. The second-order valence-electron chi connectivity index (χ2n) is 5.48. The highest BCUT2D eigenvalue weighted by Gasteiger charge is 2.18. The molecular formula is C13H25N3O2. The quantitative estimate of drug-likeness (QED) is 0.745. The van der Waals surface area contributed by atoms with Crippen molar-refractivity contribution in [2.24, 2.45) is 5.92 Å². The predicted molar refractivity (Wildman–Crippen MR) is 71.1 cm³/mol. The first-order valence-electron chi connectivity index (χ1n) is 6.75. The molecule has 1 aliphatic heterocycles. The van der Waals surface area contributed by atoms with Crippen LogP contribution in [0.3, 0.4) is 0 Å². The monoisotopic (exact) mass is 255 g/mol. The number of rotatable bonds is 5. The minimum Gasteiger partial charge on any atom is -0.352 e. The molecule has 1 rings (SSSR count). The molecule has 2 N–H and O–H groups in total. The fraction of sp³-hybridized carbons (Fsp3) is 0.846. The molecular weight excluding hydrogens is 230 g/mol. The van der Waals surface area contributed by atoms with Crippen molar-refractivity contribution >= 4 is 11.8 Å². The van der Waals surface area contributed by atoms with Gasteiger partial charge in [0, 0.05) is 12.6 Å². The van der Waals surface area contributed by atoms with Gasteiger partial charge in [-0.15, -0.1) is 0 Å². The fourth-order valence-corrected chi connectivity index (χ4v) is 2.24. The van der Waals surface area contributed by atoms with Gasteiger partial charge < -0.3 is 10.6 Å². The fourth-order valence-electron chi connectivity index (χ4n) is 2.24. The normalized spacial score (nSPS) is 20.8. The van der Waals surface area contributed by atoms with E-state index in [1.165, 1.54) is 6.42 Å². The number of nitrogens with one attached hydrogen (secondary N) is 2. The number of carbonyl (C=O) groups excluding carboxylic acids is 2. The molecule has 0 aromatic carbocycles. The van der Waals surface area contributed by atoms with Gasteiger partial charge in [0.25, 0.3) is 0 Å². The summed E-state index contributed by atoms with van der Waals surface area (Å²) in [5.74, 6) is 0.462. The van der Waals surface area contributed by atoms with E-state index in [9.17, 15) is 9.59 Å². The van der Waals surface area contributed by atoms with E-state index >= 15 is 0 Å². The summed E-state index contributed by atoms with van der Waals surface area (Å²) in [7, 11) is 0. The van der Waals surface area contributed by atoms with Crippen LogP contribution in [-0.2, 0) is 9.59 Å². The molecule has 0 saturated carbocycles. The molecule has 0 unspecified atom stereocenters. The third kappa shape index (κ3) is 6.00. The van der Waals surface area contributed by atoms with E-state index in [1.54, 1.807) is 0 Å². The lowest BCUT2D eigenvalue weighted by molar-refractivity contribution is -0.127. The van der Waals surface area contributed by atoms with E-state index in [2.05, 4.69) is 22.5 Å². The number of piperidine rings is 1. The number of carbonyl (C=O) groups is 2. The van der Waals surface area contributed by atoms with Crippen LogP contribution >= 0.6 is 0 Å². The highest BCUT2D eigenvalue weighted by atomic mass is 16.2. The standard InChI is InChI=1S/C13H25N3O2/c1-10(2)15-12(17)7-14-13(18)9-16-6-4-5-11(3)8-16/h10-11H,4-9H2,1-3H3,(H,14,18)(H,15,17)/t11-/m1/s1. The van der Waals surface area contributed by atoms with E-state index in [0.717, 1.165) is 19.5 Å². The molecule has 0 spiro atoms. The number of hydrogen-bond donors (Lipinski definition) is 2. The highest BCUT2D eigenvalue weighted by Crippen LogP contribution is 2.14. The Balaban J connectivity index is 2.19. The molecule has 104 valence electrons. The Morgan fingerprint density at radius 2 is 2.06 bits per heavy atom. The second kappa shape index (κ2) is 7.36. The third-order valence-corrected chi connectivity index (χ3v) is 3.00. The number of likely N-dealkylation sites (tertiary alicyclic amines) is 1. The van der Waals surface area contributed by atoms with Gasteiger partial charge in [0.2, 0.25) is 11.8 Å². The lowest BCUT2D eigenvalue weighted by atomic mass is 10.0. The Morgan fingerprint density at radius 3 is 2.67 bits per heavy atom. The van der Waals surface area contributed by atoms with Crippen LogP contribution in [0.5, 0.6) is 0 Å². The minimum absolute atomic E-state index is 0.0667. The van der Waals surface area contributed by atoms with Gasteiger partial charge in [0.05, 0.1) is 13.1 Å². The summed E-state index contributed by atoms with van der Waals surface area (Å²) in [6.07, 6.45) is 2.40. The molecule has 5 heteroatoms. The average Bonchev–Trinajstić information content (AvgIpc) is 2.25. The van der Waals surface area contributed by atoms with Crippen LogP contribution in [0.25, 0.3) is 0 Å². The summed E-state index contributed by atoms with van der Waals surface area (Å²) in [6, 6.07) is 0.109. The summed E-state index contributed by atoms with van der Waals surface area (Å²) < 4.78 is 0. The van der Waals surface area contributed by atoms with Crippen molar-refractivity contribution in [1.29, 1.82) is 0 Å². The summed E-state index contributed by atoms with van der Waals surface area (Å²) in [6.45, 7) is 8.44. The summed E-state index contributed by atoms with van der Waals surface area (Å²) in [5, 5.41) is 5.40. The first-order valence-corrected chi connectivity index (χ1v) is 6.75. The summed E-state index contributed by atoms with van der Waals surface area (Å²) in [4.78, 5) is 25.2. The minimum atomic E-state index is -0.134. The summed E-state index contributed by atoms with van der Waals surface area (Å²) in [5.41, 5.74) is 0. The Morgan fingerprint density at radius 1 is 1.33 bits per heavy atom. The van der Waals surface area contributed by atoms with Crippen molar-refractivity contribution in [3.63, 3.8) is 0 Å². The molecule has 0 aromatic heterocycles. The van der Waals surface area contributed by atoms with Gasteiger partial charge in [0.1, 0.15) is 0 Å². The SMILES string of the molecule is CC(C)NC(=O)CNC(=O)CN1CCC[C@@H](C)C1. The molecule has 0 bridgehead atoms. The zero-order chi connectivity index (χ0) is 13.5. The first-order chi connectivity index (χ1) is 8.47. The van der Waals surface area contributed by atoms with Crippen LogP contribution in [0.4, 0.5) is 0 Å². The molecule has 1 heterocycles. The Kier molecular flexibility index (Phi) is 6.12. The van der Waals surface area contributed by atoms with Crippen molar-refractivity contribution in [2.75, 3.05) is 26.2 Å². The molecule has 5 nitrogen and oxygen atoms in total. The Bertz CT molecular complexity index is 292. The van der Waals surface area contributed by atoms with Gasteiger partial charge in [-0.25, -0.2) is 0 Å². The van der Waals surface area contributed by atoms with Crippen molar-refractivity contribution in [3.8, 4) is 0 Å². The lowest BCUT2D eigenvalue weighted by Crippen LogP contribution is -2.45. The van der Waals surface area contributed by atoms with Crippen LogP contribution < -0.4 is 10.6 Å². The zero-order valence-corrected chi connectivity index (χ0v) is 11.7. The van der Waals surface area contributed by atoms with E-state index in [0.29, 0.717) is 12.5 Å². The molecule has 2 amide bonds. The maximum Gasteiger partial charge on any atom is 0.239 e. The van der Waals surface area contributed by atoms with Crippen molar-refractivity contribution in [1.82, 2.24) is 15.5 Å². The topological polar surface area (TPSA) is 61.4 Å². The smallest absolute Gasteiger partial charge is 0.239 e. The molecule has 1 fully saturated rings. The van der Waals surface area contributed by atoms with Gasteiger partial charge in [0.15, 0.2) is 0 Å². The molecule has 18 heavy (non-hydrogen) atoms. The van der Waals surface area contributed by atoms with Crippen LogP contribution in [0, 0.1) is 5.92 Å².